The van der Waals surface area contributed by atoms with Crippen LogP contribution in [0.3, 0.4) is 0 Å². The highest BCUT2D eigenvalue weighted by Gasteiger charge is 2.33. The van der Waals surface area contributed by atoms with Crippen LogP contribution >= 0.6 is 0 Å². The molecule has 0 bridgehead atoms. The SMILES string of the molecule is Cn1ccnc1C(NN)c1ccccc1OC(F)(F)F. The minimum Gasteiger partial charge on any atom is -0.405 e. The number of hydrazine groups is 1. The molecule has 2 aromatic rings. The summed E-state index contributed by atoms with van der Waals surface area (Å²) in [4.78, 5) is 4.08. The number of ether oxygens (including phenoxy) is 1. The number of halogens is 3. The quantitative estimate of drug-likeness (QED) is 0.665. The summed E-state index contributed by atoms with van der Waals surface area (Å²) in [6, 6.07) is 5.08. The van der Waals surface area contributed by atoms with Crippen LogP contribution in [-0.4, -0.2) is 15.9 Å². The number of alkyl halides is 3. The molecule has 0 aliphatic rings. The van der Waals surface area contributed by atoms with Gasteiger partial charge in [0.1, 0.15) is 17.6 Å². The number of imidazole rings is 1. The molecule has 0 radical (unpaired) electrons. The van der Waals surface area contributed by atoms with Gasteiger partial charge in [-0.25, -0.2) is 10.4 Å². The van der Waals surface area contributed by atoms with Gasteiger partial charge in [0.2, 0.25) is 0 Å². The Morgan fingerprint density at radius 1 is 1.35 bits per heavy atom. The molecule has 2 rings (SSSR count). The van der Waals surface area contributed by atoms with E-state index in [1.165, 1.54) is 24.4 Å². The lowest BCUT2D eigenvalue weighted by Crippen LogP contribution is -2.31. The number of hydrogen-bond donors (Lipinski definition) is 2. The third-order valence-electron chi connectivity index (χ3n) is 2.74. The van der Waals surface area contributed by atoms with Gasteiger partial charge < -0.3 is 9.30 Å². The van der Waals surface area contributed by atoms with E-state index in [4.69, 9.17) is 5.84 Å². The van der Waals surface area contributed by atoms with E-state index in [1.807, 2.05) is 0 Å². The van der Waals surface area contributed by atoms with Crippen LogP contribution in [0.5, 0.6) is 5.75 Å². The lowest BCUT2D eigenvalue weighted by molar-refractivity contribution is -0.275. The lowest BCUT2D eigenvalue weighted by atomic mass is 10.1. The third-order valence-corrected chi connectivity index (χ3v) is 2.74. The second-order valence-electron chi connectivity index (χ2n) is 4.08. The van der Waals surface area contributed by atoms with Crippen LogP contribution in [-0.2, 0) is 7.05 Å². The van der Waals surface area contributed by atoms with Crippen molar-refractivity contribution in [3.63, 3.8) is 0 Å². The van der Waals surface area contributed by atoms with Gasteiger partial charge in [-0.05, 0) is 6.07 Å². The first-order valence-electron chi connectivity index (χ1n) is 5.70. The summed E-state index contributed by atoms with van der Waals surface area (Å²) in [6.07, 6.45) is -1.56. The van der Waals surface area contributed by atoms with Gasteiger partial charge in [0.15, 0.2) is 0 Å². The molecule has 0 saturated carbocycles. The smallest absolute Gasteiger partial charge is 0.405 e. The molecule has 1 heterocycles. The predicted octanol–water partition coefficient (Wildman–Crippen LogP) is 1.87. The topological polar surface area (TPSA) is 65.1 Å². The van der Waals surface area contributed by atoms with Crippen LogP contribution in [0, 0.1) is 0 Å². The van der Waals surface area contributed by atoms with Gasteiger partial charge in [0, 0.05) is 25.0 Å². The van der Waals surface area contributed by atoms with Gasteiger partial charge in [-0.15, -0.1) is 13.2 Å². The summed E-state index contributed by atoms with van der Waals surface area (Å²) in [7, 11) is 1.72. The molecule has 1 aromatic carbocycles. The van der Waals surface area contributed by atoms with Gasteiger partial charge in [-0.3, -0.25) is 5.84 Å². The van der Waals surface area contributed by atoms with Gasteiger partial charge in [-0.1, -0.05) is 18.2 Å². The van der Waals surface area contributed by atoms with Crippen molar-refractivity contribution in [2.24, 2.45) is 12.9 Å². The third kappa shape index (κ3) is 3.09. The van der Waals surface area contributed by atoms with E-state index >= 15 is 0 Å². The molecular weight excluding hydrogens is 273 g/mol. The summed E-state index contributed by atoms with van der Waals surface area (Å²) < 4.78 is 42.9. The van der Waals surface area contributed by atoms with Crippen molar-refractivity contribution < 1.29 is 17.9 Å². The van der Waals surface area contributed by atoms with Crippen molar-refractivity contribution in [2.75, 3.05) is 0 Å². The number of aryl methyl sites for hydroxylation is 1. The maximum Gasteiger partial charge on any atom is 0.573 e. The highest BCUT2D eigenvalue weighted by atomic mass is 19.4. The maximum atomic E-state index is 12.4. The van der Waals surface area contributed by atoms with Crippen molar-refractivity contribution in [1.82, 2.24) is 15.0 Å². The van der Waals surface area contributed by atoms with E-state index in [9.17, 15) is 13.2 Å². The molecule has 20 heavy (non-hydrogen) atoms. The molecule has 8 heteroatoms. The molecule has 0 spiro atoms. The fraction of sp³-hybridized carbons (Fsp3) is 0.250. The molecular formula is C12H13F3N4O. The number of para-hydroxylation sites is 1. The monoisotopic (exact) mass is 286 g/mol. The average molecular weight is 286 g/mol. The Morgan fingerprint density at radius 2 is 2.05 bits per heavy atom. The molecule has 0 aliphatic heterocycles. The van der Waals surface area contributed by atoms with E-state index in [0.717, 1.165) is 0 Å². The van der Waals surface area contributed by atoms with Crippen molar-refractivity contribution in [3.05, 3.63) is 48.0 Å². The fourth-order valence-electron chi connectivity index (χ4n) is 1.90. The predicted molar refractivity (Wildman–Crippen MR) is 65.5 cm³/mol. The molecule has 0 fully saturated rings. The van der Waals surface area contributed by atoms with Gasteiger partial charge in [0.25, 0.3) is 0 Å². The number of nitrogens with zero attached hydrogens (tertiary/aromatic N) is 2. The van der Waals surface area contributed by atoms with Crippen LogP contribution in [0.1, 0.15) is 17.4 Å². The van der Waals surface area contributed by atoms with E-state index in [0.29, 0.717) is 5.82 Å². The minimum absolute atomic E-state index is 0.252. The Bertz CT molecular complexity index is 582. The summed E-state index contributed by atoms with van der Waals surface area (Å²) >= 11 is 0. The Balaban J connectivity index is 2.43. The Hall–Kier alpha value is -2.06. The normalized spacial score (nSPS) is 13.2. The van der Waals surface area contributed by atoms with Gasteiger partial charge in [0.05, 0.1) is 0 Å². The Kier molecular flexibility index (Phi) is 3.96. The number of hydrogen-bond acceptors (Lipinski definition) is 4. The summed E-state index contributed by atoms with van der Waals surface area (Å²) in [6.45, 7) is 0. The number of rotatable bonds is 4. The average Bonchev–Trinajstić information content (AvgIpc) is 2.77. The van der Waals surface area contributed by atoms with Crippen LogP contribution in [0.25, 0.3) is 0 Å². The van der Waals surface area contributed by atoms with Crippen LogP contribution in [0.4, 0.5) is 13.2 Å². The first-order chi connectivity index (χ1) is 9.42. The fourth-order valence-corrected chi connectivity index (χ4v) is 1.90. The Morgan fingerprint density at radius 3 is 2.60 bits per heavy atom. The number of nitrogens with one attached hydrogen (secondary N) is 1. The van der Waals surface area contributed by atoms with Crippen molar-refractivity contribution in [3.8, 4) is 5.75 Å². The molecule has 0 amide bonds. The number of nitrogens with two attached hydrogens (primary N) is 1. The number of benzene rings is 1. The molecule has 1 aromatic heterocycles. The first-order valence-corrected chi connectivity index (χ1v) is 5.70. The zero-order valence-corrected chi connectivity index (χ0v) is 10.6. The molecule has 108 valence electrons. The minimum atomic E-state index is -4.77. The van der Waals surface area contributed by atoms with Crippen LogP contribution in [0.2, 0.25) is 0 Å². The molecule has 0 saturated heterocycles. The van der Waals surface area contributed by atoms with E-state index in [1.54, 1.807) is 23.9 Å². The van der Waals surface area contributed by atoms with Crippen molar-refractivity contribution in [1.29, 1.82) is 0 Å². The van der Waals surface area contributed by atoms with E-state index < -0.39 is 12.4 Å². The summed E-state index contributed by atoms with van der Waals surface area (Å²) in [5.74, 6) is 5.62. The van der Waals surface area contributed by atoms with Crippen molar-refractivity contribution in [2.45, 2.75) is 12.4 Å². The molecule has 1 atom stereocenters. The zero-order valence-electron chi connectivity index (χ0n) is 10.6. The van der Waals surface area contributed by atoms with Crippen molar-refractivity contribution >= 4 is 0 Å². The summed E-state index contributed by atoms with van der Waals surface area (Å²) in [5, 5.41) is 0. The molecule has 5 nitrogen and oxygen atoms in total. The highest BCUT2D eigenvalue weighted by molar-refractivity contribution is 5.39. The second kappa shape index (κ2) is 5.51. The first kappa shape index (κ1) is 14.4. The second-order valence-corrected chi connectivity index (χ2v) is 4.08. The van der Waals surface area contributed by atoms with Crippen LogP contribution < -0.4 is 16.0 Å². The largest absolute Gasteiger partial charge is 0.573 e. The maximum absolute atomic E-state index is 12.4. The van der Waals surface area contributed by atoms with Gasteiger partial charge >= 0.3 is 6.36 Å². The summed E-state index contributed by atoms with van der Waals surface area (Å²) in [5.41, 5.74) is 2.71. The molecule has 0 aliphatic carbocycles. The molecule has 1 unspecified atom stereocenters. The standard InChI is InChI=1S/C12H13F3N4O/c1-19-7-6-17-11(19)10(18-16)8-4-2-3-5-9(8)20-12(13,14)15/h2-7,10,18H,16H2,1H3. The van der Waals surface area contributed by atoms with E-state index in [2.05, 4.69) is 15.1 Å². The van der Waals surface area contributed by atoms with Crippen LogP contribution in [0.15, 0.2) is 36.7 Å². The zero-order chi connectivity index (χ0) is 14.8. The number of aromatic nitrogens is 2. The molecule has 3 N–H and O–H groups in total. The highest BCUT2D eigenvalue weighted by Crippen LogP contribution is 2.32. The lowest BCUT2D eigenvalue weighted by Gasteiger charge is -2.20. The van der Waals surface area contributed by atoms with Gasteiger partial charge in [-0.2, -0.15) is 0 Å². The van der Waals surface area contributed by atoms with E-state index in [-0.39, 0.29) is 11.3 Å². The Labute approximate surface area is 113 Å².